The Kier molecular flexibility index (Phi) is 4.92. The van der Waals surface area contributed by atoms with Gasteiger partial charge in [0, 0.05) is 12.7 Å². The van der Waals surface area contributed by atoms with Crippen molar-refractivity contribution in [3.63, 3.8) is 0 Å². The Bertz CT molecular complexity index is 654. The molecule has 1 aromatic rings. The molecule has 0 aromatic heterocycles. The van der Waals surface area contributed by atoms with Gasteiger partial charge in [0.05, 0.1) is 16.9 Å². The van der Waals surface area contributed by atoms with E-state index in [-0.39, 0.29) is 16.9 Å². The van der Waals surface area contributed by atoms with Crippen LogP contribution in [0, 0.1) is 0 Å². The first-order valence-corrected chi connectivity index (χ1v) is 7.10. The second-order valence-corrected chi connectivity index (χ2v) is 5.03. The lowest BCUT2D eigenvalue weighted by molar-refractivity contribution is -0.137. The number of benzene rings is 1. The highest BCUT2D eigenvalue weighted by Gasteiger charge is 2.32. The Labute approximate surface area is 130 Å². The lowest BCUT2D eigenvalue weighted by atomic mass is 10.1. The van der Waals surface area contributed by atoms with Crippen LogP contribution in [0.3, 0.4) is 0 Å². The maximum Gasteiger partial charge on any atom is 0.416 e. The molecule has 1 aliphatic heterocycles. The van der Waals surface area contributed by atoms with Crippen LogP contribution in [0.25, 0.3) is 0 Å². The number of unbranched alkanes of at least 4 members (excludes halogenated alkanes) is 1. The first kappa shape index (κ1) is 16.9. The molecule has 0 unspecified atom stereocenters. The zero-order valence-corrected chi connectivity index (χ0v) is 12.4. The van der Waals surface area contributed by atoms with E-state index in [4.69, 9.17) is 0 Å². The van der Waals surface area contributed by atoms with Crippen LogP contribution in [0.1, 0.15) is 25.3 Å². The molecule has 1 heterocycles. The number of rotatable bonds is 4. The van der Waals surface area contributed by atoms with E-state index >= 15 is 0 Å². The minimum atomic E-state index is -4.53. The summed E-state index contributed by atoms with van der Waals surface area (Å²) in [5.74, 6) is -1.44. The van der Waals surface area contributed by atoms with Crippen LogP contribution in [0.4, 0.5) is 24.5 Å². The SMILES string of the molecule is CCCCNC=C1C(=O)Nc2ccc(C(F)(F)F)cc2NC1=O. The summed E-state index contributed by atoms with van der Waals surface area (Å²) in [6.45, 7) is 2.58. The summed E-state index contributed by atoms with van der Waals surface area (Å²) < 4.78 is 38.2. The first-order valence-electron chi connectivity index (χ1n) is 7.10. The van der Waals surface area contributed by atoms with Gasteiger partial charge >= 0.3 is 6.18 Å². The van der Waals surface area contributed by atoms with Crippen molar-refractivity contribution in [1.82, 2.24) is 5.32 Å². The number of carbonyl (C=O) groups excluding carboxylic acids is 2. The maximum absolute atomic E-state index is 12.7. The number of carbonyl (C=O) groups is 2. The van der Waals surface area contributed by atoms with E-state index in [0.717, 1.165) is 31.0 Å². The molecule has 1 aromatic carbocycles. The topological polar surface area (TPSA) is 70.2 Å². The number of hydrogen-bond acceptors (Lipinski definition) is 3. The smallest absolute Gasteiger partial charge is 0.390 e. The third kappa shape index (κ3) is 4.02. The third-order valence-corrected chi connectivity index (χ3v) is 3.25. The summed E-state index contributed by atoms with van der Waals surface area (Å²) in [6.07, 6.45) is -1.45. The molecule has 3 N–H and O–H groups in total. The van der Waals surface area contributed by atoms with Crippen LogP contribution >= 0.6 is 0 Å². The number of hydrogen-bond donors (Lipinski definition) is 3. The summed E-state index contributed by atoms with van der Waals surface area (Å²) in [5.41, 5.74) is -1.06. The van der Waals surface area contributed by atoms with Crippen LogP contribution in [0.5, 0.6) is 0 Å². The van der Waals surface area contributed by atoms with Gasteiger partial charge in [0.15, 0.2) is 0 Å². The summed E-state index contributed by atoms with van der Waals surface area (Å²) in [6, 6.07) is 2.75. The molecule has 8 heteroatoms. The third-order valence-electron chi connectivity index (χ3n) is 3.25. The number of anilines is 2. The molecule has 0 radical (unpaired) electrons. The highest BCUT2D eigenvalue weighted by molar-refractivity contribution is 6.29. The molecular formula is C15H16F3N3O2. The summed E-state index contributed by atoms with van der Waals surface area (Å²) in [4.78, 5) is 24.1. The molecular weight excluding hydrogens is 311 g/mol. The Balaban J connectivity index is 2.25. The molecule has 0 saturated heterocycles. The van der Waals surface area contributed by atoms with E-state index in [1.807, 2.05) is 6.92 Å². The van der Waals surface area contributed by atoms with Crippen molar-refractivity contribution >= 4 is 23.2 Å². The lowest BCUT2D eigenvalue weighted by Gasteiger charge is -2.11. The van der Waals surface area contributed by atoms with Crippen molar-refractivity contribution in [2.45, 2.75) is 25.9 Å². The minimum absolute atomic E-state index is 0.0878. The van der Waals surface area contributed by atoms with Crippen molar-refractivity contribution in [3.8, 4) is 0 Å². The van der Waals surface area contributed by atoms with Crippen molar-refractivity contribution in [3.05, 3.63) is 35.5 Å². The fraction of sp³-hybridized carbons (Fsp3) is 0.333. The fourth-order valence-electron chi connectivity index (χ4n) is 2.00. The van der Waals surface area contributed by atoms with E-state index in [1.165, 1.54) is 6.20 Å². The molecule has 0 spiro atoms. The van der Waals surface area contributed by atoms with E-state index < -0.39 is 23.6 Å². The Hall–Kier alpha value is -2.51. The normalized spacial score (nSPS) is 16.4. The van der Waals surface area contributed by atoms with E-state index in [1.54, 1.807) is 0 Å². The molecule has 0 fully saturated rings. The molecule has 0 saturated carbocycles. The summed E-state index contributed by atoms with van der Waals surface area (Å²) >= 11 is 0. The average molecular weight is 327 g/mol. The van der Waals surface area contributed by atoms with Crippen LogP contribution in [0.2, 0.25) is 0 Å². The van der Waals surface area contributed by atoms with Gasteiger partial charge in [0.1, 0.15) is 5.57 Å². The predicted octanol–water partition coefficient (Wildman–Crippen LogP) is 2.87. The van der Waals surface area contributed by atoms with Gasteiger partial charge in [-0.15, -0.1) is 0 Å². The lowest BCUT2D eigenvalue weighted by Crippen LogP contribution is -2.24. The molecule has 0 bridgehead atoms. The predicted molar refractivity (Wildman–Crippen MR) is 79.7 cm³/mol. The Morgan fingerprint density at radius 3 is 2.39 bits per heavy atom. The minimum Gasteiger partial charge on any atom is -0.390 e. The molecule has 2 amide bonds. The van der Waals surface area contributed by atoms with Gasteiger partial charge in [-0.2, -0.15) is 13.2 Å². The van der Waals surface area contributed by atoms with Crippen LogP contribution in [-0.4, -0.2) is 18.4 Å². The van der Waals surface area contributed by atoms with Crippen LogP contribution < -0.4 is 16.0 Å². The number of amides is 2. The van der Waals surface area contributed by atoms with Crippen LogP contribution in [0.15, 0.2) is 30.0 Å². The van der Waals surface area contributed by atoms with Gasteiger partial charge in [-0.3, -0.25) is 9.59 Å². The van der Waals surface area contributed by atoms with Crippen molar-refractivity contribution < 1.29 is 22.8 Å². The molecule has 2 rings (SSSR count). The maximum atomic E-state index is 12.7. The van der Waals surface area contributed by atoms with Gasteiger partial charge in [-0.05, 0) is 24.6 Å². The highest BCUT2D eigenvalue weighted by atomic mass is 19.4. The monoisotopic (exact) mass is 327 g/mol. The fourth-order valence-corrected chi connectivity index (χ4v) is 2.00. The van der Waals surface area contributed by atoms with Gasteiger partial charge in [0.25, 0.3) is 11.8 Å². The van der Waals surface area contributed by atoms with E-state index in [9.17, 15) is 22.8 Å². The highest BCUT2D eigenvalue weighted by Crippen LogP contribution is 2.35. The molecule has 5 nitrogen and oxygen atoms in total. The van der Waals surface area contributed by atoms with Crippen molar-refractivity contribution in [1.29, 1.82) is 0 Å². The quantitative estimate of drug-likeness (QED) is 0.452. The number of fused-ring (bicyclic) bond motifs is 1. The number of nitrogens with one attached hydrogen (secondary N) is 3. The number of alkyl halides is 3. The van der Waals surface area contributed by atoms with Gasteiger partial charge in [-0.25, -0.2) is 0 Å². The van der Waals surface area contributed by atoms with Gasteiger partial charge in [0.2, 0.25) is 0 Å². The van der Waals surface area contributed by atoms with E-state index in [0.29, 0.717) is 6.54 Å². The standard InChI is InChI=1S/C15H16F3N3O2/c1-2-3-6-19-8-10-13(22)20-11-5-4-9(15(16,17)18)7-12(11)21-14(10)23/h4-5,7-8,19H,2-3,6H2,1H3,(H,20,22)(H,21,23). The number of halogens is 3. The molecule has 0 aliphatic carbocycles. The average Bonchev–Trinajstić information content (AvgIpc) is 2.58. The van der Waals surface area contributed by atoms with Crippen molar-refractivity contribution in [2.75, 3.05) is 17.2 Å². The summed E-state index contributed by atoms with van der Waals surface area (Å²) in [7, 11) is 0. The van der Waals surface area contributed by atoms with Crippen molar-refractivity contribution in [2.24, 2.45) is 0 Å². The summed E-state index contributed by atoms with van der Waals surface area (Å²) in [5, 5.41) is 7.59. The van der Waals surface area contributed by atoms with Crippen LogP contribution in [-0.2, 0) is 15.8 Å². The second-order valence-electron chi connectivity index (χ2n) is 5.03. The Morgan fingerprint density at radius 1 is 1.13 bits per heavy atom. The first-order chi connectivity index (χ1) is 10.8. The van der Waals surface area contributed by atoms with Gasteiger partial charge in [-0.1, -0.05) is 13.3 Å². The zero-order valence-electron chi connectivity index (χ0n) is 12.4. The molecule has 124 valence electrons. The second kappa shape index (κ2) is 6.72. The largest absolute Gasteiger partial charge is 0.416 e. The molecule has 1 aliphatic rings. The molecule has 0 atom stereocenters. The zero-order chi connectivity index (χ0) is 17.0. The van der Waals surface area contributed by atoms with Gasteiger partial charge < -0.3 is 16.0 Å². The van der Waals surface area contributed by atoms with E-state index in [2.05, 4.69) is 16.0 Å². The Morgan fingerprint density at radius 2 is 1.78 bits per heavy atom. The molecule has 23 heavy (non-hydrogen) atoms.